The molecule has 0 aromatic heterocycles. The van der Waals surface area contributed by atoms with Crippen molar-refractivity contribution in [3.63, 3.8) is 0 Å². The summed E-state index contributed by atoms with van der Waals surface area (Å²) in [6.45, 7) is 5.38. The maximum Gasteiger partial charge on any atom is 0.118 e. The summed E-state index contributed by atoms with van der Waals surface area (Å²) in [4.78, 5) is 0. The molecule has 0 aliphatic rings. The second-order valence-corrected chi connectivity index (χ2v) is 1.94. The maximum absolute atomic E-state index is 12.2. The number of unbranched alkanes of at least 4 members (excludes halogenated alkanes) is 2. The normalized spacial score (nSPS) is 11.6. The van der Waals surface area contributed by atoms with Crippen LogP contribution in [-0.2, 0) is 0 Å². The molecule has 0 N–H and O–H groups in total. The molecule has 0 aliphatic heterocycles. The Morgan fingerprint density at radius 2 is 2.33 bits per heavy atom. The van der Waals surface area contributed by atoms with Crippen LogP contribution in [0.1, 0.15) is 26.2 Å². The van der Waals surface area contributed by atoms with Crippen molar-refractivity contribution in [2.24, 2.45) is 0 Å². The van der Waals surface area contributed by atoms with Crippen molar-refractivity contribution in [2.45, 2.75) is 26.2 Å². The van der Waals surface area contributed by atoms with E-state index in [2.05, 4.69) is 13.5 Å². The molecule has 52 valence electrons. The van der Waals surface area contributed by atoms with Gasteiger partial charge in [0.1, 0.15) is 5.83 Å². The van der Waals surface area contributed by atoms with Gasteiger partial charge in [0.25, 0.3) is 0 Å². The molecule has 0 heterocycles. The zero-order valence-corrected chi connectivity index (χ0v) is 5.86. The van der Waals surface area contributed by atoms with Gasteiger partial charge >= 0.3 is 0 Å². The summed E-state index contributed by atoms with van der Waals surface area (Å²) < 4.78 is 12.2. The first-order valence-corrected chi connectivity index (χ1v) is 3.29. The Hall–Kier alpha value is -0.590. The van der Waals surface area contributed by atoms with Gasteiger partial charge in [-0.05, 0) is 25.0 Å². The smallest absolute Gasteiger partial charge is 0.118 e. The Morgan fingerprint density at radius 1 is 1.67 bits per heavy atom. The van der Waals surface area contributed by atoms with Gasteiger partial charge in [-0.2, -0.15) is 0 Å². The lowest BCUT2D eigenvalue weighted by atomic mass is 10.2. The largest absolute Gasteiger partial charge is 0.207 e. The van der Waals surface area contributed by atoms with E-state index >= 15 is 0 Å². The Kier molecular flexibility index (Phi) is 5.18. The summed E-state index contributed by atoms with van der Waals surface area (Å²) in [6, 6.07) is 0. The summed E-state index contributed by atoms with van der Waals surface area (Å²) in [5.41, 5.74) is 0. The van der Waals surface area contributed by atoms with Gasteiger partial charge in [0.15, 0.2) is 0 Å². The van der Waals surface area contributed by atoms with Crippen LogP contribution in [0.5, 0.6) is 0 Å². The average Bonchev–Trinajstić information content (AvgIpc) is 1.89. The van der Waals surface area contributed by atoms with E-state index in [-0.39, 0.29) is 5.83 Å². The van der Waals surface area contributed by atoms with Crippen LogP contribution in [0.3, 0.4) is 0 Å². The summed E-state index contributed by atoms with van der Waals surface area (Å²) in [6.07, 6.45) is 5.79. The van der Waals surface area contributed by atoms with Crippen molar-refractivity contribution in [2.75, 3.05) is 0 Å². The van der Waals surface area contributed by atoms with E-state index in [1.54, 1.807) is 6.08 Å². The molecule has 0 unspecified atom stereocenters. The second-order valence-electron chi connectivity index (χ2n) is 1.94. The van der Waals surface area contributed by atoms with Crippen LogP contribution in [0, 0.1) is 0 Å². The molecule has 0 radical (unpaired) electrons. The molecule has 0 nitrogen and oxygen atoms in total. The lowest BCUT2D eigenvalue weighted by Gasteiger charge is -1.87. The van der Waals surface area contributed by atoms with Gasteiger partial charge in [0.05, 0.1) is 0 Å². The van der Waals surface area contributed by atoms with Gasteiger partial charge in [0, 0.05) is 0 Å². The number of allylic oxidation sites excluding steroid dienone is 3. The average molecular weight is 128 g/mol. The fourth-order valence-electron chi connectivity index (χ4n) is 0.527. The molecule has 0 aliphatic carbocycles. The molecular weight excluding hydrogens is 115 g/mol. The predicted molar refractivity (Wildman–Crippen MR) is 38.9 cm³/mol. The topological polar surface area (TPSA) is 0 Å². The first-order chi connectivity index (χ1) is 4.31. The minimum absolute atomic E-state index is 0.205. The molecule has 0 saturated heterocycles. The van der Waals surface area contributed by atoms with Crippen LogP contribution in [0.15, 0.2) is 24.6 Å². The maximum atomic E-state index is 12.2. The summed E-state index contributed by atoms with van der Waals surface area (Å²) in [7, 11) is 0. The lowest BCUT2D eigenvalue weighted by Crippen LogP contribution is -1.68. The Morgan fingerprint density at radius 3 is 2.78 bits per heavy atom. The number of hydrogen-bond donors (Lipinski definition) is 0. The molecule has 0 rings (SSSR count). The van der Waals surface area contributed by atoms with Gasteiger partial charge in [0.2, 0.25) is 0 Å². The van der Waals surface area contributed by atoms with Crippen molar-refractivity contribution in [1.82, 2.24) is 0 Å². The standard InChI is InChI=1S/C8H13F/c1-3-5-6-7-8(9)4-2/h4,7H,2-3,5-6H2,1H3/b8-7-. The summed E-state index contributed by atoms with van der Waals surface area (Å²) >= 11 is 0. The summed E-state index contributed by atoms with van der Waals surface area (Å²) in [5.74, 6) is -0.205. The zero-order valence-electron chi connectivity index (χ0n) is 5.86. The van der Waals surface area contributed by atoms with Crippen LogP contribution >= 0.6 is 0 Å². The van der Waals surface area contributed by atoms with Crippen molar-refractivity contribution in [1.29, 1.82) is 0 Å². The minimum atomic E-state index is -0.205. The Bertz CT molecular complexity index is 103. The molecule has 0 fully saturated rings. The highest BCUT2D eigenvalue weighted by Crippen LogP contribution is 2.02. The first kappa shape index (κ1) is 8.41. The molecule has 0 saturated carbocycles. The Balaban J connectivity index is 3.31. The molecule has 0 spiro atoms. The van der Waals surface area contributed by atoms with Gasteiger partial charge in [-0.3, -0.25) is 0 Å². The molecule has 0 aromatic carbocycles. The third kappa shape index (κ3) is 5.28. The minimum Gasteiger partial charge on any atom is -0.207 e. The molecule has 0 bridgehead atoms. The monoisotopic (exact) mass is 128 g/mol. The van der Waals surface area contributed by atoms with Gasteiger partial charge in [-0.1, -0.05) is 19.9 Å². The third-order valence-corrected chi connectivity index (χ3v) is 1.09. The molecule has 1 heteroatoms. The lowest BCUT2D eigenvalue weighted by molar-refractivity contribution is 0.655. The highest BCUT2D eigenvalue weighted by atomic mass is 19.1. The molecule has 0 atom stereocenters. The molecule has 0 aromatic rings. The SMILES string of the molecule is C=C/C(F)=C/CCCC. The summed E-state index contributed by atoms with van der Waals surface area (Å²) in [5, 5.41) is 0. The van der Waals surface area contributed by atoms with Gasteiger partial charge in [-0.25, -0.2) is 4.39 Å². The van der Waals surface area contributed by atoms with Crippen molar-refractivity contribution in [3.8, 4) is 0 Å². The number of rotatable bonds is 4. The molecule has 9 heavy (non-hydrogen) atoms. The van der Waals surface area contributed by atoms with E-state index in [0.29, 0.717) is 0 Å². The Labute approximate surface area is 56.1 Å². The van der Waals surface area contributed by atoms with Gasteiger partial charge < -0.3 is 0 Å². The number of halogens is 1. The second kappa shape index (κ2) is 5.54. The van der Waals surface area contributed by atoms with Crippen molar-refractivity contribution >= 4 is 0 Å². The van der Waals surface area contributed by atoms with E-state index < -0.39 is 0 Å². The highest BCUT2D eigenvalue weighted by Gasteiger charge is 1.83. The van der Waals surface area contributed by atoms with Crippen LogP contribution in [0.4, 0.5) is 4.39 Å². The molecular formula is C8H13F. The highest BCUT2D eigenvalue weighted by molar-refractivity contribution is 5.06. The van der Waals surface area contributed by atoms with Crippen molar-refractivity contribution in [3.05, 3.63) is 24.6 Å². The van der Waals surface area contributed by atoms with E-state index in [1.165, 1.54) is 6.08 Å². The fraction of sp³-hybridized carbons (Fsp3) is 0.500. The van der Waals surface area contributed by atoms with E-state index in [9.17, 15) is 4.39 Å². The van der Waals surface area contributed by atoms with E-state index in [4.69, 9.17) is 0 Å². The first-order valence-electron chi connectivity index (χ1n) is 3.29. The van der Waals surface area contributed by atoms with E-state index in [0.717, 1.165) is 19.3 Å². The zero-order chi connectivity index (χ0) is 7.11. The van der Waals surface area contributed by atoms with Crippen LogP contribution in [0.25, 0.3) is 0 Å². The molecule has 0 amide bonds. The third-order valence-electron chi connectivity index (χ3n) is 1.09. The fourth-order valence-corrected chi connectivity index (χ4v) is 0.527. The number of hydrogen-bond acceptors (Lipinski definition) is 0. The van der Waals surface area contributed by atoms with Crippen molar-refractivity contribution < 1.29 is 4.39 Å². The van der Waals surface area contributed by atoms with Crippen LogP contribution in [-0.4, -0.2) is 0 Å². The predicted octanol–water partition coefficient (Wildman–Crippen LogP) is 3.22. The van der Waals surface area contributed by atoms with Crippen LogP contribution < -0.4 is 0 Å². The van der Waals surface area contributed by atoms with Gasteiger partial charge in [-0.15, -0.1) is 0 Å². The van der Waals surface area contributed by atoms with Crippen LogP contribution in [0.2, 0.25) is 0 Å². The quantitative estimate of drug-likeness (QED) is 0.403. The van der Waals surface area contributed by atoms with E-state index in [1.807, 2.05) is 0 Å².